The third kappa shape index (κ3) is 5.94. The molecule has 0 radical (unpaired) electrons. The van der Waals surface area contributed by atoms with Crippen LogP contribution in [0.5, 0.6) is 0 Å². The lowest BCUT2D eigenvalue weighted by Gasteiger charge is -2.32. The van der Waals surface area contributed by atoms with Crippen LogP contribution in [0, 0.1) is 0 Å². The zero-order valence-corrected chi connectivity index (χ0v) is 20.4. The smallest absolute Gasteiger partial charge is 0.403 e. The van der Waals surface area contributed by atoms with Gasteiger partial charge in [0.15, 0.2) is 0 Å². The molecule has 0 amide bonds. The van der Waals surface area contributed by atoms with E-state index in [1.165, 1.54) is 16.7 Å². The van der Waals surface area contributed by atoms with Gasteiger partial charge in [-0.1, -0.05) is 91.0 Å². The van der Waals surface area contributed by atoms with Crippen molar-refractivity contribution in [2.45, 2.75) is 64.2 Å². The van der Waals surface area contributed by atoms with Crippen LogP contribution in [0.15, 0.2) is 91.0 Å². The highest BCUT2D eigenvalue weighted by Crippen LogP contribution is 2.41. The van der Waals surface area contributed by atoms with E-state index >= 15 is 0 Å². The van der Waals surface area contributed by atoms with Crippen LogP contribution in [0.25, 0.3) is 0 Å². The number of hydrogen-bond donors (Lipinski definition) is 0. The lowest BCUT2D eigenvalue weighted by molar-refractivity contribution is 0.00578. The highest BCUT2D eigenvalue weighted by atomic mass is 16.7. The van der Waals surface area contributed by atoms with Gasteiger partial charge >= 0.3 is 7.12 Å². The van der Waals surface area contributed by atoms with Gasteiger partial charge < -0.3 is 9.31 Å². The summed E-state index contributed by atoms with van der Waals surface area (Å²) in [6, 6.07) is 32.2. The molecule has 0 saturated carbocycles. The molecule has 172 valence electrons. The topological polar surface area (TPSA) is 21.7 Å². The molecule has 1 atom stereocenters. The Kier molecular flexibility index (Phi) is 7.38. The van der Waals surface area contributed by atoms with E-state index in [0.29, 0.717) is 0 Å². The fourth-order valence-electron chi connectivity index (χ4n) is 4.43. The quantitative estimate of drug-likeness (QED) is 0.354. The van der Waals surface area contributed by atoms with Crippen molar-refractivity contribution in [3.05, 3.63) is 108 Å². The molecular weight excluding hydrogens is 405 g/mol. The third-order valence-corrected chi connectivity index (χ3v) is 7.08. The van der Waals surface area contributed by atoms with Crippen LogP contribution in [0.4, 0.5) is 0 Å². The summed E-state index contributed by atoms with van der Waals surface area (Å²) < 4.78 is 13.0. The third-order valence-electron chi connectivity index (χ3n) is 7.08. The molecule has 0 aliphatic carbocycles. The molecule has 1 aliphatic heterocycles. The first-order valence-electron chi connectivity index (χ1n) is 12.0. The van der Waals surface area contributed by atoms with Crippen molar-refractivity contribution in [2.24, 2.45) is 0 Å². The molecule has 1 aliphatic rings. The molecule has 3 aromatic rings. The molecule has 1 heterocycles. The van der Waals surface area contributed by atoms with Crippen molar-refractivity contribution in [2.75, 3.05) is 6.54 Å². The van der Waals surface area contributed by atoms with Gasteiger partial charge in [0.25, 0.3) is 0 Å². The highest BCUT2D eigenvalue weighted by molar-refractivity contribution is 6.47. The maximum Gasteiger partial charge on any atom is 0.465 e. The fourth-order valence-corrected chi connectivity index (χ4v) is 4.43. The summed E-state index contributed by atoms with van der Waals surface area (Å²) in [6.45, 7) is 11.3. The van der Waals surface area contributed by atoms with E-state index in [-0.39, 0.29) is 24.1 Å². The van der Waals surface area contributed by atoms with Gasteiger partial charge in [0.1, 0.15) is 0 Å². The normalized spacial score (nSPS) is 17.9. The minimum Gasteiger partial charge on any atom is -0.403 e. The Bertz CT molecular complexity index is 934. The summed E-state index contributed by atoms with van der Waals surface area (Å²) in [4.78, 5) is 2.53. The van der Waals surface area contributed by atoms with Crippen molar-refractivity contribution in [1.29, 1.82) is 0 Å². The van der Waals surface area contributed by atoms with Crippen LogP contribution < -0.4 is 0 Å². The van der Waals surface area contributed by atoms with Crippen LogP contribution in [0.2, 0.25) is 0 Å². The predicted molar refractivity (Wildman–Crippen MR) is 137 cm³/mol. The Hall–Kier alpha value is -2.40. The lowest BCUT2D eigenvalue weighted by atomic mass is 9.66. The average Bonchev–Trinajstić information content (AvgIpc) is 3.02. The van der Waals surface area contributed by atoms with E-state index in [1.807, 2.05) is 0 Å². The number of rotatable bonds is 9. The molecule has 1 fully saturated rings. The van der Waals surface area contributed by atoms with Crippen LogP contribution in [-0.2, 0) is 22.4 Å². The Labute approximate surface area is 199 Å². The predicted octanol–water partition coefficient (Wildman–Crippen LogP) is 6.49. The monoisotopic (exact) mass is 441 g/mol. The molecule has 1 saturated heterocycles. The fraction of sp³-hybridized carbons (Fsp3) is 0.379. The van der Waals surface area contributed by atoms with Gasteiger partial charge in [-0.15, -0.1) is 0 Å². The van der Waals surface area contributed by atoms with Gasteiger partial charge in [0, 0.05) is 18.9 Å². The molecule has 0 unspecified atom stereocenters. The van der Waals surface area contributed by atoms with E-state index in [1.54, 1.807) is 0 Å². The second kappa shape index (κ2) is 10.3. The second-order valence-electron chi connectivity index (χ2n) is 10.1. The zero-order chi connectivity index (χ0) is 23.3. The van der Waals surface area contributed by atoms with Crippen molar-refractivity contribution in [3.8, 4) is 0 Å². The Balaban J connectivity index is 1.54. The molecule has 0 bridgehead atoms. The molecular formula is C29H36BNO2. The molecule has 0 N–H and O–H groups in total. The van der Waals surface area contributed by atoms with E-state index < -0.39 is 0 Å². The van der Waals surface area contributed by atoms with Crippen molar-refractivity contribution < 1.29 is 9.31 Å². The Morgan fingerprint density at radius 2 is 1.09 bits per heavy atom. The van der Waals surface area contributed by atoms with Gasteiger partial charge in [0.2, 0.25) is 0 Å². The maximum atomic E-state index is 6.51. The van der Waals surface area contributed by atoms with E-state index in [4.69, 9.17) is 9.31 Å². The summed E-state index contributed by atoms with van der Waals surface area (Å²) in [7, 11) is -0.257. The van der Waals surface area contributed by atoms with Gasteiger partial charge in [0.05, 0.1) is 11.2 Å². The van der Waals surface area contributed by atoms with Crippen molar-refractivity contribution in [1.82, 2.24) is 4.90 Å². The zero-order valence-electron chi connectivity index (χ0n) is 20.4. The van der Waals surface area contributed by atoms with Crippen LogP contribution in [-0.4, -0.2) is 29.8 Å². The van der Waals surface area contributed by atoms with Crippen LogP contribution in [0.1, 0.15) is 56.6 Å². The van der Waals surface area contributed by atoms with E-state index in [9.17, 15) is 0 Å². The molecule has 33 heavy (non-hydrogen) atoms. The Morgan fingerprint density at radius 1 is 0.667 bits per heavy atom. The first kappa shape index (κ1) is 23.8. The van der Waals surface area contributed by atoms with Crippen LogP contribution in [0.3, 0.4) is 0 Å². The minimum atomic E-state index is -0.335. The first-order chi connectivity index (χ1) is 15.8. The summed E-state index contributed by atoms with van der Waals surface area (Å²) >= 11 is 0. The number of nitrogens with zero attached hydrogens (tertiary/aromatic N) is 1. The molecule has 3 aromatic carbocycles. The van der Waals surface area contributed by atoms with Crippen molar-refractivity contribution >= 4 is 7.12 Å². The van der Waals surface area contributed by atoms with Crippen LogP contribution >= 0.6 is 0 Å². The number of benzene rings is 3. The average molecular weight is 441 g/mol. The standard InChI is InChI=1S/C29H36BNO2/c1-28(2)29(3,4)33-30(32-28)27(26-18-12-7-13-19-26)20-21-31(22-24-14-8-5-9-15-24)23-25-16-10-6-11-17-25/h5-19,27H,20-23H2,1-4H3/t27-/m1/s1. The summed E-state index contributed by atoms with van der Waals surface area (Å²) in [5, 5.41) is 0. The SMILES string of the molecule is CC1(C)OB([C@H](CCN(Cc2ccccc2)Cc2ccccc2)c2ccccc2)OC1(C)C. The summed E-state index contributed by atoms with van der Waals surface area (Å²) in [6.07, 6.45) is 0.959. The van der Waals surface area contributed by atoms with Gasteiger partial charge in [-0.2, -0.15) is 0 Å². The molecule has 3 nitrogen and oxygen atoms in total. The minimum absolute atomic E-state index is 0.168. The summed E-state index contributed by atoms with van der Waals surface area (Å²) in [5.41, 5.74) is 3.27. The van der Waals surface area contributed by atoms with Gasteiger partial charge in [-0.25, -0.2) is 0 Å². The van der Waals surface area contributed by atoms with E-state index in [2.05, 4.69) is 124 Å². The maximum absolute atomic E-state index is 6.51. The van der Waals surface area contributed by atoms with Gasteiger partial charge in [-0.3, -0.25) is 4.90 Å². The number of hydrogen-bond acceptors (Lipinski definition) is 3. The largest absolute Gasteiger partial charge is 0.465 e. The summed E-state index contributed by atoms with van der Waals surface area (Å²) in [5.74, 6) is 0.168. The second-order valence-corrected chi connectivity index (χ2v) is 10.1. The molecule has 4 rings (SSSR count). The highest BCUT2D eigenvalue weighted by Gasteiger charge is 2.53. The Morgan fingerprint density at radius 3 is 1.55 bits per heavy atom. The van der Waals surface area contributed by atoms with Gasteiger partial charge in [-0.05, 0) is 57.4 Å². The van der Waals surface area contributed by atoms with E-state index in [0.717, 1.165) is 26.1 Å². The van der Waals surface area contributed by atoms with Crippen molar-refractivity contribution in [3.63, 3.8) is 0 Å². The first-order valence-corrected chi connectivity index (χ1v) is 12.0. The lowest BCUT2D eigenvalue weighted by Crippen LogP contribution is -2.41. The molecule has 0 spiro atoms. The molecule has 0 aromatic heterocycles. The molecule has 4 heteroatoms.